The van der Waals surface area contributed by atoms with Crippen LogP contribution in [-0.2, 0) is 9.59 Å². The van der Waals surface area contributed by atoms with Crippen molar-refractivity contribution in [3.05, 3.63) is 0 Å². The molecule has 1 saturated heterocycles. The standard InChI is InChI=1S/C24H39NO4/c1-14(4-7-21(28)29)17-5-6-18-22-19(9-11-24(17,18)3)23(2)10-8-16(26)12-15(23)13-20(27)25-22/h14-19,22,26H,4-13H2,1-3H3,(H,25,27)(H,28,29)/t14-,15+,16-,17?,18+,19?,22+,23+,24-/m1/s1. The Labute approximate surface area is 175 Å². The van der Waals surface area contributed by atoms with E-state index in [0.29, 0.717) is 30.1 Å². The van der Waals surface area contributed by atoms with E-state index >= 15 is 0 Å². The minimum atomic E-state index is -0.699. The summed E-state index contributed by atoms with van der Waals surface area (Å²) in [4.78, 5) is 23.9. The number of aliphatic hydroxyl groups excluding tert-OH is 1. The van der Waals surface area contributed by atoms with Crippen molar-refractivity contribution in [3.8, 4) is 0 Å². The lowest BCUT2D eigenvalue weighted by Crippen LogP contribution is -2.56. The number of hydrogen-bond donors (Lipinski definition) is 3. The smallest absolute Gasteiger partial charge is 0.303 e. The fraction of sp³-hybridized carbons (Fsp3) is 0.917. The van der Waals surface area contributed by atoms with E-state index in [9.17, 15) is 14.7 Å². The van der Waals surface area contributed by atoms with Crippen molar-refractivity contribution in [2.24, 2.45) is 40.4 Å². The molecular weight excluding hydrogens is 366 g/mol. The fourth-order valence-electron chi connectivity index (χ4n) is 8.28. The molecule has 0 aromatic rings. The number of aliphatic hydroxyl groups is 1. The van der Waals surface area contributed by atoms with Gasteiger partial charge < -0.3 is 15.5 Å². The van der Waals surface area contributed by atoms with Gasteiger partial charge in [0.15, 0.2) is 0 Å². The molecule has 29 heavy (non-hydrogen) atoms. The summed E-state index contributed by atoms with van der Waals surface area (Å²) in [6.45, 7) is 7.05. The molecule has 3 saturated carbocycles. The highest BCUT2D eigenvalue weighted by Crippen LogP contribution is 2.64. The van der Waals surface area contributed by atoms with Crippen LogP contribution >= 0.6 is 0 Å². The number of hydrogen-bond acceptors (Lipinski definition) is 3. The first-order valence-corrected chi connectivity index (χ1v) is 11.8. The molecule has 3 aliphatic carbocycles. The summed E-state index contributed by atoms with van der Waals surface area (Å²) in [6, 6.07) is 0.239. The van der Waals surface area contributed by atoms with Crippen molar-refractivity contribution < 1.29 is 19.8 Å². The van der Waals surface area contributed by atoms with Crippen LogP contribution in [-0.4, -0.2) is 34.2 Å². The molecule has 1 heterocycles. The number of nitrogens with one attached hydrogen (secondary N) is 1. The molecule has 0 aromatic heterocycles. The predicted octanol–water partition coefficient (Wildman–Crippen LogP) is 3.99. The molecule has 3 N–H and O–H groups in total. The molecule has 164 valence electrons. The summed E-state index contributed by atoms with van der Waals surface area (Å²) in [7, 11) is 0. The van der Waals surface area contributed by atoms with E-state index < -0.39 is 5.97 Å². The van der Waals surface area contributed by atoms with Crippen molar-refractivity contribution in [3.63, 3.8) is 0 Å². The van der Waals surface area contributed by atoms with Gasteiger partial charge in [-0.25, -0.2) is 0 Å². The lowest BCUT2D eigenvalue weighted by molar-refractivity contribution is -0.137. The third-order valence-electron chi connectivity index (χ3n) is 9.96. The number of fused-ring (bicyclic) bond motifs is 5. The van der Waals surface area contributed by atoms with Crippen LogP contribution in [0.4, 0.5) is 0 Å². The van der Waals surface area contributed by atoms with Crippen LogP contribution < -0.4 is 5.32 Å². The molecule has 1 amide bonds. The molecule has 2 unspecified atom stereocenters. The Kier molecular flexibility index (Phi) is 5.50. The summed E-state index contributed by atoms with van der Waals surface area (Å²) < 4.78 is 0. The second kappa shape index (κ2) is 7.55. The van der Waals surface area contributed by atoms with Crippen molar-refractivity contribution in [2.45, 2.75) is 97.1 Å². The Morgan fingerprint density at radius 1 is 1.14 bits per heavy atom. The SMILES string of the molecule is C[C@H](CCC(=O)O)C1CC[C@H]2[C@@H]3NC(=O)C[C@@H]4C[C@H](O)CC[C@]4(C)C3CC[C@]12C. The quantitative estimate of drug-likeness (QED) is 0.660. The first kappa shape index (κ1) is 21.1. The van der Waals surface area contributed by atoms with Gasteiger partial charge in [0.2, 0.25) is 5.91 Å². The van der Waals surface area contributed by atoms with Crippen molar-refractivity contribution in [1.29, 1.82) is 0 Å². The monoisotopic (exact) mass is 405 g/mol. The van der Waals surface area contributed by atoms with E-state index in [1.54, 1.807) is 0 Å². The van der Waals surface area contributed by atoms with Crippen LogP contribution in [0, 0.1) is 40.4 Å². The summed E-state index contributed by atoms with van der Waals surface area (Å²) in [5, 5.41) is 22.8. The van der Waals surface area contributed by atoms with Crippen LogP contribution in [0.3, 0.4) is 0 Å². The largest absolute Gasteiger partial charge is 0.481 e. The predicted molar refractivity (Wildman–Crippen MR) is 111 cm³/mol. The number of carbonyl (C=O) groups is 2. The highest BCUT2D eigenvalue weighted by atomic mass is 16.4. The minimum absolute atomic E-state index is 0.136. The molecule has 0 spiro atoms. The normalized spacial score (nSPS) is 47.9. The Balaban J connectivity index is 1.58. The van der Waals surface area contributed by atoms with Gasteiger partial charge in [0.05, 0.1) is 6.10 Å². The maximum absolute atomic E-state index is 12.9. The van der Waals surface area contributed by atoms with Crippen LogP contribution in [0.5, 0.6) is 0 Å². The first-order valence-electron chi connectivity index (χ1n) is 11.8. The van der Waals surface area contributed by atoms with Gasteiger partial charge in [-0.3, -0.25) is 9.59 Å². The average molecular weight is 406 g/mol. The number of aliphatic carboxylic acids is 1. The van der Waals surface area contributed by atoms with E-state index in [1.165, 1.54) is 6.42 Å². The highest BCUT2D eigenvalue weighted by molar-refractivity contribution is 5.77. The number of carbonyl (C=O) groups excluding carboxylic acids is 1. The van der Waals surface area contributed by atoms with Crippen molar-refractivity contribution in [2.75, 3.05) is 0 Å². The number of rotatable bonds is 4. The van der Waals surface area contributed by atoms with Gasteiger partial charge >= 0.3 is 5.97 Å². The second-order valence-corrected chi connectivity index (χ2v) is 11.3. The first-order chi connectivity index (χ1) is 13.6. The number of amides is 1. The van der Waals surface area contributed by atoms with E-state index in [2.05, 4.69) is 26.1 Å². The van der Waals surface area contributed by atoms with Gasteiger partial charge in [-0.05, 0) is 91.8 Å². The summed E-state index contributed by atoms with van der Waals surface area (Å²) in [6.07, 6.45) is 8.58. The zero-order chi connectivity index (χ0) is 21.0. The van der Waals surface area contributed by atoms with Gasteiger partial charge in [0, 0.05) is 18.9 Å². The maximum Gasteiger partial charge on any atom is 0.303 e. The van der Waals surface area contributed by atoms with E-state index in [1.807, 2.05) is 0 Å². The second-order valence-electron chi connectivity index (χ2n) is 11.3. The molecule has 4 aliphatic rings. The molecule has 5 nitrogen and oxygen atoms in total. The Bertz CT molecular complexity index is 665. The average Bonchev–Trinajstić information content (AvgIpc) is 2.95. The van der Waals surface area contributed by atoms with Crippen LogP contribution in [0.2, 0.25) is 0 Å². The third kappa shape index (κ3) is 3.51. The van der Waals surface area contributed by atoms with E-state index in [0.717, 1.165) is 44.9 Å². The Morgan fingerprint density at radius 2 is 1.83 bits per heavy atom. The molecular formula is C24H39NO4. The molecule has 9 atom stereocenters. The number of carboxylic acids is 1. The third-order valence-corrected chi connectivity index (χ3v) is 9.96. The van der Waals surface area contributed by atoms with Gasteiger partial charge in [-0.15, -0.1) is 0 Å². The molecule has 0 aromatic carbocycles. The van der Waals surface area contributed by atoms with Crippen LogP contribution in [0.1, 0.15) is 85.0 Å². The van der Waals surface area contributed by atoms with Gasteiger partial charge in [0.25, 0.3) is 0 Å². The van der Waals surface area contributed by atoms with Crippen LogP contribution in [0.15, 0.2) is 0 Å². The fourth-order valence-corrected chi connectivity index (χ4v) is 8.28. The van der Waals surface area contributed by atoms with Gasteiger partial charge in [-0.2, -0.15) is 0 Å². The zero-order valence-corrected chi connectivity index (χ0v) is 18.3. The summed E-state index contributed by atoms with van der Waals surface area (Å²) >= 11 is 0. The van der Waals surface area contributed by atoms with Crippen LogP contribution in [0.25, 0.3) is 0 Å². The molecule has 0 bridgehead atoms. The lowest BCUT2D eigenvalue weighted by atomic mass is 9.50. The Morgan fingerprint density at radius 3 is 2.55 bits per heavy atom. The van der Waals surface area contributed by atoms with Crippen molar-refractivity contribution >= 4 is 11.9 Å². The highest BCUT2D eigenvalue weighted by Gasteiger charge is 2.60. The lowest BCUT2D eigenvalue weighted by Gasteiger charge is -2.56. The Hall–Kier alpha value is -1.10. The number of carboxylic acid groups (broad SMARTS) is 1. The van der Waals surface area contributed by atoms with Gasteiger partial charge in [-0.1, -0.05) is 20.8 Å². The maximum atomic E-state index is 12.9. The molecule has 0 radical (unpaired) electrons. The van der Waals surface area contributed by atoms with E-state index in [4.69, 9.17) is 5.11 Å². The molecule has 1 aliphatic heterocycles. The van der Waals surface area contributed by atoms with Gasteiger partial charge in [0.1, 0.15) is 0 Å². The topological polar surface area (TPSA) is 86.6 Å². The minimum Gasteiger partial charge on any atom is -0.481 e. The summed E-state index contributed by atoms with van der Waals surface area (Å²) in [5.74, 6) is 1.71. The van der Waals surface area contributed by atoms with Crippen molar-refractivity contribution in [1.82, 2.24) is 5.32 Å². The molecule has 4 fully saturated rings. The van der Waals surface area contributed by atoms with E-state index in [-0.39, 0.29) is 41.2 Å². The molecule has 4 rings (SSSR count). The zero-order valence-electron chi connectivity index (χ0n) is 18.3. The molecule has 5 heteroatoms. The summed E-state index contributed by atoms with van der Waals surface area (Å²) in [5.41, 5.74) is 0.328.